The molecule has 2 unspecified atom stereocenters. The Morgan fingerprint density at radius 3 is 2.61 bits per heavy atom. The van der Waals surface area contributed by atoms with Crippen LogP contribution < -0.4 is 20.3 Å². The van der Waals surface area contributed by atoms with Crippen LogP contribution in [0.3, 0.4) is 0 Å². The number of pyridine rings is 1. The van der Waals surface area contributed by atoms with Gasteiger partial charge in [-0.2, -0.15) is 0 Å². The van der Waals surface area contributed by atoms with E-state index in [9.17, 15) is 4.79 Å². The van der Waals surface area contributed by atoms with Gasteiger partial charge in [-0.15, -0.1) is 0 Å². The molecule has 172 valence electrons. The van der Waals surface area contributed by atoms with Gasteiger partial charge >= 0.3 is 0 Å². The number of methoxy groups -OCH3 is 1. The Labute approximate surface area is 199 Å². The Morgan fingerprint density at radius 2 is 2.00 bits per heavy atom. The Kier molecular flexibility index (Phi) is 6.12. The Hall–Kier alpha value is -3.39. The maximum atomic E-state index is 11.8. The first kappa shape index (κ1) is 22.8. The molecule has 1 saturated heterocycles. The van der Waals surface area contributed by atoms with Crippen molar-refractivity contribution >= 4 is 34.6 Å². The second-order valence-electron chi connectivity index (χ2n) is 9.09. The summed E-state index contributed by atoms with van der Waals surface area (Å²) < 4.78 is 7.64. The van der Waals surface area contributed by atoms with Crippen molar-refractivity contribution in [2.75, 3.05) is 17.3 Å². The molecule has 1 amide bonds. The van der Waals surface area contributed by atoms with Gasteiger partial charge in [0.1, 0.15) is 5.75 Å². The summed E-state index contributed by atoms with van der Waals surface area (Å²) >= 11 is 5.81. The van der Waals surface area contributed by atoms with Gasteiger partial charge in [0.25, 0.3) is 0 Å². The molecule has 7 nitrogen and oxygen atoms in total. The molecule has 8 heteroatoms. The molecule has 1 aliphatic heterocycles. The number of aromatic nitrogens is 2. The van der Waals surface area contributed by atoms with Crippen LogP contribution in [-0.2, 0) is 10.3 Å². The number of nitrogens with one attached hydrogen (secondary N) is 2. The van der Waals surface area contributed by atoms with Crippen molar-refractivity contribution in [3.63, 3.8) is 0 Å². The maximum absolute atomic E-state index is 11.8. The van der Waals surface area contributed by atoms with E-state index in [4.69, 9.17) is 17.0 Å². The number of carbonyl (C=O) groups excluding carboxylic acids is 1. The van der Waals surface area contributed by atoms with E-state index in [0.29, 0.717) is 16.5 Å². The monoisotopic (exact) mass is 463 g/mol. The smallest absolute Gasteiger partial charge is 0.221 e. The number of hydrogen-bond donors (Lipinski definition) is 2. The zero-order valence-corrected chi connectivity index (χ0v) is 20.3. The highest BCUT2D eigenvalue weighted by Crippen LogP contribution is 2.43. The zero-order chi connectivity index (χ0) is 23.8. The number of ether oxygens (including phenoxy) is 1. The first-order chi connectivity index (χ1) is 15.7. The van der Waals surface area contributed by atoms with Crippen LogP contribution in [0.2, 0.25) is 0 Å². The summed E-state index contributed by atoms with van der Waals surface area (Å²) in [5.41, 5.74) is 3.42. The van der Waals surface area contributed by atoms with Gasteiger partial charge in [-0.1, -0.05) is 6.07 Å². The van der Waals surface area contributed by atoms with E-state index in [1.165, 1.54) is 6.92 Å². The van der Waals surface area contributed by atoms with Crippen LogP contribution in [0, 0.1) is 0 Å². The highest BCUT2D eigenvalue weighted by Gasteiger charge is 2.41. The van der Waals surface area contributed by atoms with Gasteiger partial charge in [-0.3, -0.25) is 9.78 Å². The topological polar surface area (TPSA) is 71.4 Å². The van der Waals surface area contributed by atoms with Crippen LogP contribution in [0.5, 0.6) is 5.75 Å². The standard InChI is InChI=1S/C25H29N5O2S/c1-16(31)27-20-14-18(9-10-21(20)32-5)30-23(17-11-13-29(15-17)25(2,3)4)22(28-24(30)33)19-8-6-7-12-26-19/h6-15,22-23H,1-5H3,(H,27,31)(H,28,33). The molecule has 1 aliphatic rings. The molecule has 33 heavy (non-hydrogen) atoms. The summed E-state index contributed by atoms with van der Waals surface area (Å²) in [6.45, 7) is 7.99. The molecule has 0 saturated carbocycles. The van der Waals surface area contributed by atoms with Crippen LogP contribution in [0.15, 0.2) is 61.1 Å². The number of nitrogens with zero attached hydrogens (tertiary/aromatic N) is 3. The first-order valence-electron chi connectivity index (χ1n) is 10.8. The number of thiocarbonyl (C=S) groups is 1. The quantitative estimate of drug-likeness (QED) is 0.531. The van der Waals surface area contributed by atoms with Crippen LogP contribution in [0.25, 0.3) is 0 Å². The van der Waals surface area contributed by atoms with E-state index < -0.39 is 0 Å². The Balaban J connectivity index is 1.83. The molecule has 0 radical (unpaired) electrons. The fourth-order valence-corrected chi connectivity index (χ4v) is 4.46. The average molecular weight is 464 g/mol. The van der Waals surface area contributed by atoms with Gasteiger partial charge in [-0.25, -0.2) is 0 Å². The van der Waals surface area contributed by atoms with Crippen LogP contribution >= 0.6 is 12.2 Å². The van der Waals surface area contributed by atoms with Gasteiger partial charge in [0.05, 0.1) is 30.6 Å². The van der Waals surface area contributed by atoms with Crippen LogP contribution in [0.1, 0.15) is 51.0 Å². The van der Waals surface area contributed by atoms with Crippen molar-refractivity contribution in [2.24, 2.45) is 0 Å². The molecule has 3 aromatic rings. The van der Waals surface area contributed by atoms with Gasteiger partial charge in [0.2, 0.25) is 5.91 Å². The lowest BCUT2D eigenvalue weighted by Crippen LogP contribution is -2.29. The van der Waals surface area contributed by atoms with E-state index in [2.05, 4.69) is 64.3 Å². The molecule has 4 rings (SSSR count). The van der Waals surface area contributed by atoms with Gasteiger partial charge < -0.3 is 24.8 Å². The van der Waals surface area contributed by atoms with Crippen molar-refractivity contribution in [1.82, 2.24) is 14.9 Å². The molecule has 0 spiro atoms. The molecular weight excluding hydrogens is 434 g/mol. The van der Waals surface area contributed by atoms with E-state index >= 15 is 0 Å². The highest BCUT2D eigenvalue weighted by molar-refractivity contribution is 7.80. The lowest BCUT2D eigenvalue weighted by atomic mass is 9.98. The van der Waals surface area contributed by atoms with Gasteiger partial charge in [0.15, 0.2) is 5.11 Å². The van der Waals surface area contributed by atoms with E-state index in [1.807, 2.05) is 36.4 Å². The summed E-state index contributed by atoms with van der Waals surface area (Å²) in [6.07, 6.45) is 6.06. The molecule has 2 atom stereocenters. The predicted octanol–water partition coefficient (Wildman–Crippen LogP) is 4.78. The predicted molar refractivity (Wildman–Crippen MR) is 135 cm³/mol. The Morgan fingerprint density at radius 1 is 1.21 bits per heavy atom. The minimum atomic E-state index is -0.169. The minimum Gasteiger partial charge on any atom is -0.495 e. The number of anilines is 2. The number of benzene rings is 1. The van der Waals surface area contributed by atoms with Crippen LogP contribution in [0.4, 0.5) is 11.4 Å². The normalized spacial score (nSPS) is 18.2. The van der Waals surface area contributed by atoms with Gasteiger partial charge in [0, 0.05) is 36.7 Å². The highest BCUT2D eigenvalue weighted by atomic mass is 32.1. The molecular formula is C25H29N5O2S. The first-order valence-corrected chi connectivity index (χ1v) is 11.2. The number of amides is 1. The van der Waals surface area contributed by atoms with Crippen molar-refractivity contribution < 1.29 is 9.53 Å². The largest absolute Gasteiger partial charge is 0.495 e. The fraction of sp³-hybridized carbons (Fsp3) is 0.320. The molecule has 0 aliphatic carbocycles. The molecule has 2 N–H and O–H groups in total. The third-order valence-electron chi connectivity index (χ3n) is 5.70. The minimum absolute atomic E-state index is 0.0468. The number of carbonyl (C=O) groups is 1. The zero-order valence-electron chi connectivity index (χ0n) is 19.5. The lowest BCUT2D eigenvalue weighted by Gasteiger charge is -2.28. The van der Waals surface area contributed by atoms with Crippen LogP contribution in [-0.4, -0.2) is 27.7 Å². The summed E-state index contributed by atoms with van der Waals surface area (Å²) in [5, 5.41) is 6.92. The van der Waals surface area contributed by atoms with Gasteiger partial charge in [-0.05, 0) is 75.0 Å². The summed E-state index contributed by atoms with van der Waals surface area (Å²) in [7, 11) is 1.58. The second-order valence-corrected chi connectivity index (χ2v) is 9.47. The Bertz CT molecular complexity index is 1170. The van der Waals surface area contributed by atoms with Crippen molar-refractivity contribution in [3.8, 4) is 5.75 Å². The fourth-order valence-electron chi connectivity index (χ4n) is 4.11. The van der Waals surface area contributed by atoms with E-state index in [-0.39, 0.29) is 23.5 Å². The van der Waals surface area contributed by atoms with E-state index in [0.717, 1.165) is 16.9 Å². The summed E-state index contributed by atoms with van der Waals surface area (Å²) in [6, 6.07) is 13.4. The van der Waals surface area contributed by atoms with E-state index in [1.54, 1.807) is 13.3 Å². The lowest BCUT2D eigenvalue weighted by molar-refractivity contribution is -0.114. The van der Waals surface area contributed by atoms with Crippen molar-refractivity contribution in [2.45, 2.75) is 45.3 Å². The van der Waals surface area contributed by atoms with Crippen molar-refractivity contribution in [1.29, 1.82) is 0 Å². The average Bonchev–Trinajstić information content (AvgIpc) is 3.38. The molecule has 3 heterocycles. The maximum Gasteiger partial charge on any atom is 0.221 e. The molecule has 1 aromatic carbocycles. The van der Waals surface area contributed by atoms with Crippen molar-refractivity contribution in [3.05, 3.63) is 72.3 Å². The summed E-state index contributed by atoms with van der Waals surface area (Å²) in [4.78, 5) is 18.5. The second kappa shape index (κ2) is 8.86. The number of rotatable bonds is 5. The molecule has 0 bridgehead atoms. The molecule has 1 fully saturated rings. The molecule has 2 aromatic heterocycles. The summed E-state index contributed by atoms with van der Waals surface area (Å²) in [5.74, 6) is 0.418. The number of hydrogen-bond acceptors (Lipinski definition) is 4. The third-order valence-corrected chi connectivity index (χ3v) is 6.02. The third kappa shape index (κ3) is 4.57. The SMILES string of the molecule is COc1ccc(N2C(=S)NC(c3ccccn3)C2c2ccn(C(C)(C)C)c2)cc1NC(C)=O.